The molecule has 12 heteroatoms. The van der Waals surface area contributed by atoms with Crippen LogP contribution in [0.1, 0.15) is 28.7 Å². The number of aliphatic hydroxyl groups excluding tert-OH is 1. The van der Waals surface area contributed by atoms with Crippen LogP contribution in [0, 0.1) is 13.8 Å². The van der Waals surface area contributed by atoms with E-state index < -0.39 is 30.3 Å². The number of hydrogen-bond donors (Lipinski definition) is 3. The van der Waals surface area contributed by atoms with Crippen molar-refractivity contribution in [3.63, 3.8) is 0 Å². The Morgan fingerprint density at radius 2 is 1.95 bits per heavy atom. The zero-order chi connectivity index (χ0) is 26.6. The number of rotatable bonds is 2. The summed E-state index contributed by atoms with van der Waals surface area (Å²) in [4.78, 5) is 34.5. The van der Waals surface area contributed by atoms with E-state index in [2.05, 4.69) is 19.9 Å². The number of nitrogens with zero attached hydrogens (tertiary/aromatic N) is 5. The molecule has 1 aliphatic carbocycles. The number of benzene rings is 1. The first-order chi connectivity index (χ1) is 18.9. The maximum atomic E-state index is 13.7. The van der Waals surface area contributed by atoms with Crippen LogP contribution in [0.3, 0.4) is 0 Å². The quantitative estimate of drug-likeness (QED) is 0.311. The molecule has 0 saturated carbocycles. The number of nitrogens with one attached hydrogen (secondary N) is 1. The number of aromatic nitrogens is 6. The number of aliphatic hydroxyl groups is 1. The van der Waals surface area contributed by atoms with E-state index in [9.17, 15) is 9.90 Å². The van der Waals surface area contributed by atoms with Crippen LogP contribution in [0.2, 0.25) is 0 Å². The lowest BCUT2D eigenvalue weighted by Gasteiger charge is -2.31. The molecular weight excluding hydrogens is 502 g/mol. The Bertz CT molecular complexity index is 1890. The topological polar surface area (TPSA) is 163 Å². The molecule has 8 rings (SSSR count). The van der Waals surface area contributed by atoms with Crippen LogP contribution in [-0.4, -0.2) is 65.3 Å². The predicted molar refractivity (Wildman–Crippen MR) is 139 cm³/mol. The van der Waals surface area contributed by atoms with Crippen LogP contribution in [0.4, 0.5) is 5.82 Å². The summed E-state index contributed by atoms with van der Waals surface area (Å²) < 4.78 is 21.0. The molecule has 5 atom stereocenters. The highest BCUT2D eigenvalue weighted by atomic mass is 16.8. The Morgan fingerprint density at radius 1 is 1.10 bits per heavy atom. The average molecular weight is 526 g/mol. The van der Waals surface area contributed by atoms with E-state index in [1.807, 2.05) is 32.2 Å². The number of H-pyrrole nitrogens is 1. The molecule has 1 spiro atoms. The van der Waals surface area contributed by atoms with Crippen LogP contribution in [0.5, 0.6) is 0 Å². The van der Waals surface area contributed by atoms with Gasteiger partial charge in [-0.3, -0.25) is 9.36 Å². The number of pyridine rings is 1. The second-order valence-corrected chi connectivity index (χ2v) is 10.1. The summed E-state index contributed by atoms with van der Waals surface area (Å²) in [5, 5.41) is 13.1. The van der Waals surface area contributed by atoms with E-state index in [1.165, 1.54) is 18.7 Å². The van der Waals surface area contributed by atoms with E-state index in [4.69, 9.17) is 24.9 Å². The molecule has 12 nitrogen and oxygen atoms in total. The first-order valence-corrected chi connectivity index (χ1v) is 12.6. The van der Waals surface area contributed by atoms with Crippen LogP contribution >= 0.6 is 0 Å². The molecule has 0 unspecified atom stereocenters. The van der Waals surface area contributed by atoms with Crippen molar-refractivity contribution >= 4 is 50.5 Å². The van der Waals surface area contributed by atoms with E-state index in [1.54, 1.807) is 10.6 Å². The largest absolute Gasteiger partial charge is 0.394 e. The van der Waals surface area contributed by atoms with Gasteiger partial charge in [0.1, 0.15) is 30.2 Å². The van der Waals surface area contributed by atoms with Gasteiger partial charge in [-0.1, -0.05) is 0 Å². The standard InChI is InChI=1S/C27H23N7O5/c1-11-13-5-6-29-12(2)14(13)7-15-19-16(33-20(11)15)3-4-18(36)27(19)38-22-17(8-35)37-26(23(22)39-27)34-10-32-21-24(28)30-9-31-25(21)34/h3-7,9-10,17,22-23,26,29,35H,8H2,1-2H3,(H2,28,30,31)/t17-,22-,23-,26-,27-/m1/s1. The van der Waals surface area contributed by atoms with E-state index in [0.717, 1.165) is 32.9 Å². The van der Waals surface area contributed by atoms with Crippen molar-refractivity contribution in [2.75, 3.05) is 12.3 Å². The number of aryl methyl sites for hydroxylation is 2. The first kappa shape index (κ1) is 22.7. The van der Waals surface area contributed by atoms with Crippen LogP contribution in [-0.2, 0) is 24.8 Å². The highest BCUT2D eigenvalue weighted by Crippen LogP contribution is 2.52. The van der Waals surface area contributed by atoms with E-state index >= 15 is 0 Å². The van der Waals surface area contributed by atoms with Gasteiger partial charge in [-0.25, -0.2) is 19.9 Å². The van der Waals surface area contributed by atoms with Crippen molar-refractivity contribution < 1.29 is 24.1 Å². The van der Waals surface area contributed by atoms with E-state index in [0.29, 0.717) is 22.4 Å². The molecule has 4 aromatic heterocycles. The van der Waals surface area contributed by atoms with Gasteiger partial charge in [0.15, 0.2) is 17.7 Å². The number of ether oxygens (including phenoxy) is 3. The lowest BCUT2D eigenvalue weighted by molar-refractivity contribution is -0.218. The number of aromatic amines is 1. The summed E-state index contributed by atoms with van der Waals surface area (Å²) in [6.45, 7) is 3.69. The average Bonchev–Trinajstić information content (AvgIpc) is 3.68. The molecule has 196 valence electrons. The third kappa shape index (κ3) is 2.83. The fourth-order valence-electron chi connectivity index (χ4n) is 6.23. The van der Waals surface area contributed by atoms with Gasteiger partial charge < -0.3 is 30.0 Å². The van der Waals surface area contributed by atoms with Crippen LogP contribution < -0.4 is 5.73 Å². The van der Waals surface area contributed by atoms with Crippen LogP contribution in [0.15, 0.2) is 37.1 Å². The molecule has 0 radical (unpaired) electrons. The smallest absolute Gasteiger partial charge is 0.264 e. The third-order valence-electron chi connectivity index (χ3n) is 8.08. The van der Waals surface area contributed by atoms with Gasteiger partial charge in [-0.15, -0.1) is 0 Å². The number of ketones is 1. The SMILES string of the molecule is Cc1[nH]ccc2c(C)c3nc4c(c3cc12)[C@]1(O[C@@H]2[C@H](O1)[C@@H](CO)O[C@H]2n1cnc2c(N)ncnc21)C(=O)C=C4. The lowest BCUT2D eigenvalue weighted by atomic mass is 9.91. The van der Waals surface area contributed by atoms with Crippen LogP contribution in [0.25, 0.3) is 38.9 Å². The predicted octanol–water partition coefficient (Wildman–Crippen LogP) is 2.18. The monoisotopic (exact) mass is 525 g/mol. The Balaban J connectivity index is 1.32. The normalized spacial score (nSPS) is 27.8. The molecule has 5 aromatic rings. The number of carbonyl (C=O) groups excluding carboxylic acids is 1. The number of anilines is 1. The maximum Gasteiger partial charge on any atom is 0.264 e. The minimum absolute atomic E-state index is 0.230. The highest BCUT2D eigenvalue weighted by Gasteiger charge is 2.64. The summed E-state index contributed by atoms with van der Waals surface area (Å²) >= 11 is 0. The number of imidazole rings is 1. The molecule has 3 aliphatic rings. The molecule has 2 fully saturated rings. The Morgan fingerprint density at radius 3 is 2.79 bits per heavy atom. The van der Waals surface area contributed by atoms with Crippen molar-refractivity contribution in [1.29, 1.82) is 0 Å². The molecule has 0 amide bonds. The number of hydrogen-bond acceptors (Lipinski definition) is 10. The van der Waals surface area contributed by atoms with Crippen molar-refractivity contribution in [2.24, 2.45) is 0 Å². The van der Waals surface area contributed by atoms with Gasteiger partial charge in [0.25, 0.3) is 5.79 Å². The summed E-state index contributed by atoms with van der Waals surface area (Å²) in [6, 6.07) is 4.05. The van der Waals surface area contributed by atoms with Crippen molar-refractivity contribution in [3.8, 4) is 0 Å². The zero-order valence-corrected chi connectivity index (χ0v) is 21.0. The molecule has 0 bridgehead atoms. The summed E-state index contributed by atoms with van der Waals surface area (Å²) in [5.41, 5.74) is 10.8. The van der Waals surface area contributed by atoms with Crippen molar-refractivity contribution in [2.45, 2.75) is 44.2 Å². The molecule has 39 heavy (non-hydrogen) atoms. The highest BCUT2D eigenvalue weighted by molar-refractivity contribution is 6.11. The Kier molecular flexibility index (Phi) is 4.47. The summed E-state index contributed by atoms with van der Waals surface area (Å²) in [6.07, 6.45) is 4.86. The molecular formula is C27H23N7O5. The molecule has 6 heterocycles. The molecule has 2 saturated heterocycles. The second-order valence-electron chi connectivity index (χ2n) is 10.1. The number of nitrogens with two attached hydrogens (primary N) is 1. The Labute approximate surface area is 220 Å². The van der Waals surface area contributed by atoms with E-state index in [-0.39, 0.29) is 18.2 Å². The fourth-order valence-corrected chi connectivity index (χ4v) is 6.23. The first-order valence-electron chi connectivity index (χ1n) is 12.6. The zero-order valence-electron chi connectivity index (χ0n) is 21.0. The minimum atomic E-state index is -1.75. The maximum absolute atomic E-state index is 13.7. The fraction of sp³-hybridized carbons (Fsp3) is 0.296. The number of nitrogen functional groups attached to an aromatic ring is 1. The van der Waals surface area contributed by atoms with Gasteiger partial charge >= 0.3 is 0 Å². The Hall–Kier alpha value is -4.23. The summed E-state index contributed by atoms with van der Waals surface area (Å²) in [7, 11) is 0. The lowest BCUT2D eigenvalue weighted by Crippen LogP contribution is -2.41. The van der Waals surface area contributed by atoms with Gasteiger partial charge in [-0.05, 0) is 49.1 Å². The van der Waals surface area contributed by atoms with Gasteiger partial charge in [0.05, 0.1) is 29.7 Å². The van der Waals surface area contributed by atoms with Crippen molar-refractivity contribution in [3.05, 3.63) is 59.6 Å². The summed E-state index contributed by atoms with van der Waals surface area (Å²) in [5.74, 6) is -1.88. The molecule has 1 aromatic carbocycles. The van der Waals surface area contributed by atoms with Gasteiger partial charge in [-0.2, -0.15) is 0 Å². The third-order valence-corrected chi connectivity index (χ3v) is 8.08. The number of carbonyl (C=O) groups is 1. The van der Waals surface area contributed by atoms with Gasteiger partial charge in [0, 0.05) is 22.7 Å². The van der Waals surface area contributed by atoms with Gasteiger partial charge in [0.2, 0.25) is 5.78 Å². The molecule has 2 aliphatic heterocycles. The van der Waals surface area contributed by atoms with Crippen molar-refractivity contribution in [1.82, 2.24) is 29.5 Å². The minimum Gasteiger partial charge on any atom is -0.394 e. The number of fused-ring (bicyclic) bond motifs is 7. The second kappa shape index (κ2) is 7.67. The molecule has 4 N–H and O–H groups in total.